The minimum absolute atomic E-state index is 0.294. The van der Waals surface area contributed by atoms with Crippen LogP contribution in [0.3, 0.4) is 0 Å². The van der Waals surface area contributed by atoms with E-state index in [-0.39, 0.29) is 0 Å². The molecule has 8 heteroatoms. The lowest BCUT2D eigenvalue weighted by Gasteiger charge is -2.08. The van der Waals surface area contributed by atoms with Crippen LogP contribution in [0.4, 0.5) is 17.2 Å². The van der Waals surface area contributed by atoms with Crippen LogP contribution in [0, 0.1) is 5.41 Å². The van der Waals surface area contributed by atoms with E-state index >= 15 is 0 Å². The highest BCUT2D eigenvalue weighted by molar-refractivity contribution is 5.98. The summed E-state index contributed by atoms with van der Waals surface area (Å²) in [5, 5.41) is 11.2. The first kappa shape index (κ1) is 15.5. The monoisotopic (exact) mass is 324 g/mol. The van der Waals surface area contributed by atoms with Crippen LogP contribution in [0.15, 0.2) is 30.6 Å². The average Bonchev–Trinajstić information content (AvgIpc) is 3.02. The van der Waals surface area contributed by atoms with Gasteiger partial charge in [-0.3, -0.25) is 0 Å². The van der Waals surface area contributed by atoms with Crippen molar-refractivity contribution in [2.45, 2.75) is 6.92 Å². The largest absolute Gasteiger partial charge is 0.461 e. The molecule has 5 N–H and O–H groups in total. The van der Waals surface area contributed by atoms with Crippen LogP contribution in [0.2, 0.25) is 0 Å². The molecule has 0 spiro atoms. The van der Waals surface area contributed by atoms with Crippen molar-refractivity contribution in [2.75, 3.05) is 17.7 Å². The molecule has 2 aromatic heterocycles. The first-order valence-electron chi connectivity index (χ1n) is 7.30. The van der Waals surface area contributed by atoms with Gasteiger partial charge in [0.05, 0.1) is 12.0 Å². The van der Waals surface area contributed by atoms with Crippen molar-refractivity contribution < 1.29 is 9.53 Å². The van der Waals surface area contributed by atoms with Gasteiger partial charge in [-0.1, -0.05) is 0 Å². The molecule has 3 rings (SSSR count). The third-order valence-corrected chi connectivity index (χ3v) is 3.43. The Labute approximate surface area is 137 Å². The van der Waals surface area contributed by atoms with E-state index in [1.165, 1.54) is 12.5 Å². The summed E-state index contributed by atoms with van der Waals surface area (Å²) in [4.78, 5) is 23.1. The lowest BCUT2D eigenvalue weighted by atomic mass is 10.1. The molecule has 0 aliphatic rings. The second-order valence-electron chi connectivity index (χ2n) is 5.00. The number of rotatable bonds is 5. The normalized spacial score (nSPS) is 10.5. The van der Waals surface area contributed by atoms with Crippen molar-refractivity contribution in [3.8, 4) is 0 Å². The predicted molar refractivity (Wildman–Crippen MR) is 91.9 cm³/mol. The van der Waals surface area contributed by atoms with Crippen molar-refractivity contribution in [3.63, 3.8) is 0 Å². The van der Waals surface area contributed by atoms with Crippen LogP contribution < -0.4 is 11.1 Å². The Morgan fingerprint density at radius 1 is 1.42 bits per heavy atom. The summed E-state index contributed by atoms with van der Waals surface area (Å²) in [6, 6.07) is 6.89. The molecular weight excluding hydrogens is 308 g/mol. The molecule has 3 aromatic rings. The molecule has 0 amide bonds. The number of nitrogens with one attached hydrogen (secondary N) is 3. The van der Waals surface area contributed by atoms with E-state index in [2.05, 4.69) is 20.3 Å². The lowest BCUT2D eigenvalue weighted by Crippen LogP contribution is -2.04. The van der Waals surface area contributed by atoms with Gasteiger partial charge in [-0.15, -0.1) is 0 Å². The molecule has 0 saturated heterocycles. The van der Waals surface area contributed by atoms with Crippen LogP contribution in [0.25, 0.3) is 11.0 Å². The Hall–Kier alpha value is -3.42. The summed E-state index contributed by atoms with van der Waals surface area (Å²) in [5.74, 6) is 0.0903. The smallest absolute Gasteiger partial charge is 0.354 e. The van der Waals surface area contributed by atoms with E-state index in [9.17, 15) is 4.79 Å². The number of esters is 1. The number of carbonyl (C=O) groups is 1. The Bertz CT molecular complexity index is 918. The first-order valence-corrected chi connectivity index (χ1v) is 7.30. The third-order valence-electron chi connectivity index (χ3n) is 3.43. The maximum Gasteiger partial charge on any atom is 0.354 e. The number of benzene rings is 1. The van der Waals surface area contributed by atoms with E-state index in [0.29, 0.717) is 40.4 Å². The van der Waals surface area contributed by atoms with Crippen LogP contribution in [0.5, 0.6) is 0 Å². The summed E-state index contributed by atoms with van der Waals surface area (Å²) >= 11 is 0. The van der Waals surface area contributed by atoms with E-state index in [4.69, 9.17) is 15.9 Å². The molecule has 0 saturated carbocycles. The molecule has 24 heavy (non-hydrogen) atoms. The molecule has 0 atom stereocenters. The molecule has 1 aromatic carbocycles. The number of carbonyl (C=O) groups excluding carboxylic acids is 1. The molecule has 122 valence electrons. The maximum atomic E-state index is 11.8. The van der Waals surface area contributed by atoms with Gasteiger partial charge in [0.25, 0.3) is 0 Å². The van der Waals surface area contributed by atoms with Gasteiger partial charge in [-0.2, -0.15) is 0 Å². The van der Waals surface area contributed by atoms with E-state index in [1.54, 1.807) is 31.2 Å². The Morgan fingerprint density at radius 2 is 2.25 bits per heavy atom. The molecule has 8 nitrogen and oxygen atoms in total. The number of aromatic amines is 1. The SMILES string of the molecule is CCOC(=O)c1cc2c(Nc3ccc(N)c(C=N)c3)ncnc2[nH]1. The van der Waals surface area contributed by atoms with Gasteiger partial charge in [-0.05, 0) is 31.2 Å². The summed E-state index contributed by atoms with van der Waals surface area (Å²) < 4.78 is 4.98. The number of anilines is 3. The highest BCUT2D eigenvalue weighted by atomic mass is 16.5. The molecule has 0 bridgehead atoms. The standard InChI is InChI=1S/C16H16N6O2/c1-2-24-16(23)13-6-11-14(19-8-20-15(11)22-13)21-10-3-4-12(18)9(5-10)7-17/h3-8,17H,2,18H2,1H3,(H2,19,20,21,22). The number of nitrogen functional groups attached to an aromatic ring is 1. The second-order valence-corrected chi connectivity index (χ2v) is 5.00. The van der Waals surface area contributed by atoms with Crippen molar-refractivity contribution in [3.05, 3.63) is 41.9 Å². The van der Waals surface area contributed by atoms with Crippen molar-refractivity contribution >= 4 is 40.4 Å². The van der Waals surface area contributed by atoms with Gasteiger partial charge < -0.3 is 26.2 Å². The van der Waals surface area contributed by atoms with E-state index < -0.39 is 5.97 Å². The number of nitrogens with two attached hydrogens (primary N) is 1. The minimum atomic E-state index is -0.444. The third kappa shape index (κ3) is 2.89. The summed E-state index contributed by atoms with van der Waals surface area (Å²) in [7, 11) is 0. The van der Waals surface area contributed by atoms with Crippen LogP contribution in [-0.2, 0) is 4.74 Å². The zero-order chi connectivity index (χ0) is 17.1. The van der Waals surface area contributed by atoms with Gasteiger partial charge in [0.1, 0.15) is 23.5 Å². The summed E-state index contributed by atoms with van der Waals surface area (Å²) in [5.41, 5.74) is 8.48. The average molecular weight is 324 g/mol. The maximum absolute atomic E-state index is 11.8. The predicted octanol–water partition coefficient (Wildman–Crippen LogP) is 2.46. The molecule has 0 fully saturated rings. The highest BCUT2D eigenvalue weighted by Gasteiger charge is 2.14. The van der Waals surface area contributed by atoms with Gasteiger partial charge in [0.2, 0.25) is 0 Å². The molecule has 0 unspecified atom stereocenters. The van der Waals surface area contributed by atoms with Crippen LogP contribution in [-0.4, -0.2) is 33.7 Å². The topological polar surface area (TPSA) is 130 Å². The number of nitrogens with zero attached hydrogens (tertiary/aromatic N) is 2. The van der Waals surface area contributed by atoms with E-state index in [0.717, 1.165) is 5.69 Å². The molecule has 2 heterocycles. The number of ether oxygens (including phenoxy) is 1. The van der Waals surface area contributed by atoms with Gasteiger partial charge in [-0.25, -0.2) is 14.8 Å². The van der Waals surface area contributed by atoms with Gasteiger partial charge in [0.15, 0.2) is 0 Å². The summed E-state index contributed by atoms with van der Waals surface area (Å²) in [6.45, 7) is 2.04. The zero-order valence-corrected chi connectivity index (χ0v) is 13.0. The fourth-order valence-electron chi connectivity index (χ4n) is 2.27. The van der Waals surface area contributed by atoms with E-state index in [1.807, 2.05) is 0 Å². The Balaban J connectivity index is 1.97. The quantitative estimate of drug-likeness (QED) is 0.324. The molecule has 0 aliphatic heterocycles. The number of aromatic nitrogens is 3. The van der Waals surface area contributed by atoms with Gasteiger partial charge >= 0.3 is 5.97 Å². The fourth-order valence-corrected chi connectivity index (χ4v) is 2.27. The molecular formula is C16H16N6O2. The number of hydrogen-bond acceptors (Lipinski definition) is 7. The highest BCUT2D eigenvalue weighted by Crippen LogP contribution is 2.25. The second kappa shape index (κ2) is 6.37. The van der Waals surface area contributed by atoms with Crippen LogP contribution in [0.1, 0.15) is 23.0 Å². The fraction of sp³-hybridized carbons (Fsp3) is 0.125. The van der Waals surface area contributed by atoms with Crippen LogP contribution >= 0.6 is 0 Å². The Morgan fingerprint density at radius 3 is 3.00 bits per heavy atom. The van der Waals surface area contributed by atoms with Crippen molar-refractivity contribution in [1.82, 2.24) is 15.0 Å². The van der Waals surface area contributed by atoms with Crippen molar-refractivity contribution in [1.29, 1.82) is 5.41 Å². The zero-order valence-electron chi connectivity index (χ0n) is 13.0. The Kier molecular flexibility index (Phi) is 4.11. The van der Waals surface area contributed by atoms with Gasteiger partial charge in [0, 0.05) is 23.2 Å². The number of hydrogen-bond donors (Lipinski definition) is 4. The number of fused-ring (bicyclic) bond motifs is 1. The summed E-state index contributed by atoms with van der Waals surface area (Å²) in [6.07, 6.45) is 2.58. The minimum Gasteiger partial charge on any atom is -0.461 e. The number of H-pyrrole nitrogens is 1. The lowest BCUT2D eigenvalue weighted by molar-refractivity contribution is 0.0520. The molecule has 0 radical (unpaired) electrons. The first-order chi connectivity index (χ1) is 11.6. The van der Waals surface area contributed by atoms with Crippen molar-refractivity contribution in [2.24, 2.45) is 0 Å². The molecule has 0 aliphatic carbocycles.